The Morgan fingerprint density at radius 1 is 1.40 bits per heavy atom. The second-order valence-corrected chi connectivity index (χ2v) is 6.13. The number of hydrazine groups is 1. The van der Waals surface area contributed by atoms with Crippen LogP contribution in [0, 0.1) is 11.8 Å². The maximum Gasteiger partial charge on any atom is 0.111 e. The number of hydrogen-bond donors (Lipinski definition) is 2. The molecule has 0 spiro atoms. The summed E-state index contributed by atoms with van der Waals surface area (Å²) < 4.78 is 2.19. The molecule has 1 aromatic carbocycles. The number of hydrogen-bond acceptors (Lipinski definition) is 3. The number of aryl methyl sites for hydroxylation is 1. The van der Waals surface area contributed by atoms with Gasteiger partial charge >= 0.3 is 0 Å². The number of para-hydroxylation sites is 2. The smallest absolute Gasteiger partial charge is 0.111 e. The first-order chi connectivity index (χ1) is 9.70. The van der Waals surface area contributed by atoms with Gasteiger partial charge in [0.05, 0.1) is 11.0 Å². The van der Waals surface area contributed by atoms with Gasteiger partial charge in [0.25, 0.3) is 0 Å². The van der Waals surface area contributed by atoms with Crippen LogP contribution in [0.2, 0.25) is 0 Å². The molecule has 1 heterocycles. The summed E-state index contributed by atoms with van der Waals surface area (Å²) >= 11 is 0. The fourth-order valence-electron chi connectivity index (χ4n) is 3.68. The van der Waals surface area contributed by atoms with E-state index >= 15 is 0 Å². The van der Waals surface area contributed by atoms with Gasteiger partial charge in [-0.3, -0.25) is 11.3 Å². The second-order valence-electron chi connectivity index (χ2n) is 6.13. The molecule has 2 aromatic rings. The topological polar surface area (TPSA) is 55.9 Å². The molecule has 108 valence electrons. The van der Waals surface area contributed by atoms with E-state index < -0.39 is 0 Å². The molecule has 3 unspecified atom stereocenters. The number of nitrogens with zero attached hydrogens (tertiary/aromatic N) is 2. The van der Waals surface area contributed by atoms with Crippen LogP contribution in [0.15, 0.2) is 24.3 Å². The summed E-state index contributed by atoms with van der Waals surface area (Å²) in [7, 11) is 2.09. The van der Waals surface area contributed by atoms with Crippen molar-refractivity contribution in [1.29, 1.82) is 0 Å². The number of fused-ring (bicyclic) bond motifs is 1. The number of nitrogens with two attached hydrogens (primary N) is 1. The molecule has 4 heteroatoms. The zero-order valence-corrected chi connectivity index (χ0v) is 12.3. The van der Waals surface area contributed by atoms with Crippen LogP contribution in [0.3, 0.4) is 0 Å². The van der Waals surface area contributed by atoms with Gasteiger partial charge in [-0.25, -0.2) is 4.98 Å². The van der Waals surface area contributed by atoms with Gasteiger partial charge in [-0.15, -0.1) is 0 Å². The quantitative estimate of drug-likeness (QED) is 0.663. The van der Waals surface area contributed by atoms with Gasteiger partial charge in [-0.1, -0.05) is 31.9 Å². The molecule has 0 aliphatic heterocycles. The number of nitrogens with one attached hydrogen (secondary N) is 1. The molecule has 20 heavy (non-hydrogen) atoms. The van der Waals surface area contributed by atoms with Crippen molar-refractivity contribution in [3.8, 4) is 0 Å². The minimum atomic E-state index is 0.322. The van der Waals surface area contributed by atoms with E-state index in [0.717, 1.165) is 23.7 Å². The summed E-state index contributed by atoms with van der Waals surface area (Å²) in [6.07, 6.45) is 4.83. The molecule has 4 nitrogen and oxygen atoms in total. The van der Waals surface area contributed by atoms with Gasteiger partial charge < -0.3 is 4.57 Å². The minimum Gasteiger partial charge on any atom is -0.331 e. The molecule has 1 saturated carbocycles. The van der Waals surface area contributed by atoms with E-state index in [4.69, 9.17) is 10.8 Å². The molecule has 1 aliphatic rings. The van der Waals surface area contributed by atoms with Crippen molar-refractivity contribution >= 4 is 11.0 Å². The van der Waals surface area contributed by atoms with E-state index in [1.54, 1.807) is 0 Å². The van der Waals surface area contributed by atoms with Crippen molar-refractivity contribution < 1.29 is 0 Å². The summed E-state index contributed by atoms with van der Waals surface area (Å²) in [5.41, 5.74) is 5.30. The van der Waals surface area contributed by atoms with Gasteiger partial charge in [-0.2, -0.15) is 0 Å². The molecule has 3 rings (SSSR count). The van der Waals surface area contributed by atoms with Gasteiger partial charge in [-0.05, 0) is 30.4 Å². The normalized spacial score (nSPS) is 24.4. The maximum atomic E-state index is 5.82. The fraction of sp³-hybridized carbons (Fsp3) is 0.562. The van der Waals surface area contributed by atoms with Crippen LogP contribution in [-0.2, 0) is 13.5 Å². The third kappa shape index (κ3) is 2.34. The number of aromatic nitrogens is 2. The lowest BCUT2D eigenvalue weighted by molar-refractivity contribution is 0.293. The van der Waals surface area contributed by atoms with E-state index in [1.165, 1.54) is 24.8 Å². The Kier molecular flexibility index (Phi) is 3.76. The zero-order valence-electron chi connectivity index (χ0n) is 12.3. The van der Waals surface area contributed by atoms with E-state index in [2.05, 4.69) is 42.2 Å². The Labute approximate surface area is 120 Å². The molecular formula is C16H24N4. The third-order valence-electron chi connectivity index (χ3n) is 4.94. The molecule has 0 saturated heterocycles. The Morgan fingerprint density at radius 3 is 2.85 bits per heavy atom. The van der Waals surface area contributed by atoms with E-state index in [1.807, 2.05) is 6.07 Å². The summed E-state index contributed by atoms with van der Waals surface area (Å²) in [6.45, 7) is 2.34. The lowest BCUT2D eigenvalue weighted by atomic mass is 9.88. The fourth-order valence-corrected chi connectivity index (χ4v) is 3.68. The van der Waals surface area contributed by atoms with Gasteiger partial charge in [0.15, 0.2) is 0 Å². The Hall–Kier alpha value is -1.39. The standard InChI is InChI=1S/C16H24N4/c1-11-6-5-7-12(11)14(19-17)10-16-18-13-8-3-4-9-15(13)20(16)2/h3-4,8-9,11-12,14,19H,5-7,10,17H2,1-2H3. The first-order valence-electron chi connectivity index (χ1n) is 7.57. The number of imidazole rings is 1. The van der Waals surface area contributed by atoms with Crippen molar-refractivity contribution in [1.82, 2.24) is 15.0 Å². The third-order valence-corrected chi connectivity index (χ3v) is 4.94. The molecular weight excluding hydrogens is 248 g/mol. The largest absolute Gasteiger partial charge is 0.331 e. The molecule has 1 aromatic heterocycles. The predicted molar refractivity (Wildman–Crippen MR) is 82.0 cm³/mol. The summed E-state index contributed by atoms with van der Waals surface area (Å²) in [5, 5.41) is 0. The van der Waals surface area contributed by atoms with Crippen molar-refractivity contribution in [3.63, 3.8) is 0 Å². The first kappa shape index (κ1) is 13.6. The number of rotatable bonds is 4. The SMILES string of the molecule is CC1CCCC1C(Cc1nc2ccccc2n1C)NN. The molecule has 0 radical (unpaired) electrons. The summed E-state index contributed by atoms with van der Waals surface area (Å²) in [6, 6.07) is 8.61. The highest BCUT2D eigenvalue weighted by molar-refractivity contribution is 5.75. The predicted octanol–water partition coefficient (Wildman–Crippen LogP) is 2.38. The van der Waals surface area contributed by atoms with Crippen LogP contribution < -0.4 is 11.3 Å². The van der Waals surface area contributed by atoms with Crippen LogP contribution in [0.25, 0.3) is 11.0 Å². The van der Waals surface area contributed by atoms with E-state index in [0.29, 0.717) is 12.0 Å². The molecule has 3 atom stereocenters. The molecule has 0 amide bonds. The highest BCUT2D eigenvalue weighted by Gasteiger charge is 2.31. The first-order valence-corrected chi connectivity index (χ1v) is 7.57. The lowest BCUT2D eigenvalue weighted by Crippen LogP contribution is -2.43. The highest BCUT2D eigenvalue weighted by Crippen LogP contribution is 2.34. The molecule has 0 bridgehead atoms. The van der Waals surface area contributed by atoms with Crippen LogP contribution in [0.5, 0.6) is 0 Å². The van der Waals surface area contributed by atoms with Gasteiger partial charge in [0.1, 0.15) is 5.82 Å². The number of benzene rings is 1. The average Bonchev–Trinajstić information content (AvgIpc) is 3.01. The van der Waals surface area contributed by atoms with Crippen LogP contribution in [0.4, 0.5) is 0 Å². The Morgan fingerprint density at radius 2 is 2.20 bits per heavy atom. The van der Waals surface area contributed by atoms with Crippen molar-refractivity contribution in [2.75, 3.05) is 0 Å². The summed E-state index contributed by atoms with van der Waals surface area (Å²) in [4.78, 5) is 4.76. The van der Waals surface area contributed by atoms with Crippen LogP contribution in [0.1, 0.15) is 32.0 Å². The van der Waals surface area contributed by atoms with Crippen LogP contribution >= 0.6 is 0 Å². The van der Waals surface area contributed by atoms with Gasteiger partial charge in [0.2, 0.25) is 0 Å². The maximum absolute atomic E-state index is 5.82. The van der Waals surface area contributed by atoms with Crippen LogP contribution in [-0.4, -0.2) is 15.6 Å². The monoisotopic (exact) mass is 272 g/mol. The van der Waals surface area contributed by atoms with Gasteiger partial charge in [0, 0.05) is 19.5 Å². The zero-order chi connectivity index (χ0) is 14.1. The van der Waals surface area contributed by atoms with Crippen molar-refractivity contribution in [2.45, 2.75) is 38.6 Å². The minimum absolute atomic E-state index is 0.322. The van der Waals surface area contributed by atoms with E-state index in [-0.39, 0.29) is 0 Å². The average molecular weight is 272 g/mol. The van der Waals surface area contributed by atoms with Crippen molar-refractivity contribution in [3.05, 3.63) is 30.1 Å². The van der Waals surface area contributed by atoms with E-state index in [9.17, 15) is 0 Å². The summed E-state index contributed by atoms with van der Waals surface area (Å²) in [5.74, 6) is 8.36. The molecule has 1 fully saturated rings. The molecule has 3 N–H and O–H groups in total. The highest BCUT2D eigenvalue weighted by atomic mass is 15.2. The second kappa shape index (κ2) is 5.54. The molecule has 1 aliphatic carbocycles. The van der Waals surface area contributed by atoms with Crippen molar-refractivity contribution in [2.24, 2.45) is 24.7 Å². The Bertz CT molecular complexity index is 589. The Balaban J connectivity index is 1.85. The lowest BCUT2D eigenvalue weighted by Gasteiger charge is -2.26.